The molecule has 108 valence electrons. The monoisotopic (exact) mass is 435 g/mol. The fourth-order valence-electron chi connectivity index (χ4n) is 1.66. The topological polar surface area (TPSA) is 66.4 Å². The van der Waals surface area contributed by atoms with Crippen molar-refractivity contribution in [2.45, 2.75) is 0 Å². The van der Waals surface area contributed by atoms with Crippen LogP contribution in [-0.2, 0) is 0 Å². The van der Waals surface area contributed by atoms with Crippen LogP contribution in [0.2, 0.25) is 10.0 Å². The average molecular weight is 436 g/mol. The molecule has 0 bridgehead atoms. The highest BCUT2D eigenvalue weighted by Crippen LogP contribution is 2.24. The molecular weight excluding hydrogens is 428 g/mol. The van der Waals surface area contributed by atoms with Crippen LogP contribution in [0.15, 0.2) is 36.4 Å². The number of anilines is 1. The largest absolute Gasteiger partial charge is 0.478 e. The lowest BCUT2D eigenvalue weighted by atomic mass is 10.1. The zero-order valence-corrected chi connectivity index (χ0v) is 14.0. The number of halogens is 3. The Morgan fingerprint density at radius 3 is 2.43 bits per heavy atom. The first kappa shape index (κ1) is 16.1. The van der Waals surface area contributed by atoms with Gasteiger partial charge in [0.05, 0.1) is 21.8 Å². The average Bonchev–Trinajstić information content (AvgIpc) is 2.43. The SMILES string of the molecule is O=C(Nc1ccc(I)cc1C(=O)O)c1cc(Cl)ccc1Cl. The Hall–Kier alpha value is -1.31. The second-order valence-electron chi connectivity index (χ2n) is 4.07. The highest BCUT2D eigenvalue weighted by molar-refractivity contribution is 14.1. The molecule has 0 unspecified atom stereocenters. The van der Waals surface area contributed by atoms with E-state index in [1.165, 1.54) is 24.3 Å². The van der Waals surface area contributed by atoms with Crippen molar-refractivity contribution in [3.63, 3.8) is 0 Å². The highest BCUT2D eigenvalue weighted by atomic mass is 127. The second-order valence-corrected chi connectivity index (χ2v) is 6.16. The number of aromatic carboxylic acids is 1. The summed E-state index contributed by atoms with van der Waals surface area (Å²) in [5, 5.41) is 12.3. The molecule has 2 aromatic rings. The molecule has 0 atom stereocenters. The molecule has 2 aromatic carbocycles. The van der Waals surface area contributed by atoms with E-state index in [0.717, 1.165) is 3.57 Å². The van der Waals surface area contributed by atoms with E-state index in [1.807, 2.05) is 22.6 Å². The van der Waals surface area contributed by atoms with Gasteiger partial charge in [-0.2, -0.15) is 0 Å². The Labute approximate surface area is 144 Å². The van der Waals surface area contributed by atoms with E-state index < -0.39 is 11.9 Å². The number of amides is 1. The van der Waals surface area contributed by atoms with E-state index in [0.29, 0.717) is 5.02 Å². The van der Waals surface area contributed by atoms with Crippen LogP contribution in [-0.4, -0.2) is 17.0 Å². The lowest BCUT2D eigenvalue weighted by molar-refractivity contribution is 0.0698. The summed E-state index contributed by atoms with van der Waals surface area (Å²) in [5.74, 6) is -1.65. The molecule has 0 fully saturated rings. The molecular formula is C14H8Cl2INO3. The third kappa shape index (κ3) is 3.87. The fourth-order valence-corrected chi connectivity index (χ4v) is 2.53. The molecule has 0 heterocycles. The van der Waals surface area contributed by atoms with E-state index in [1.54, 1.807) is 12.1 Å². The smallest absolute Gasteiger partial charge is 0.337 e. The van der Waals surface area contributed by atoms with Crippen molar-refractivity contribution in [1.82, 2.24) is 0 Å². The number of carboxylic acid groups (broad SMARTS) is 1. The van der Waals surface area contributed by atoms with Crippen LogP contribution in [0.5, 0.6) is 0 Å². The Morgan fingerprint density at radius 2 is 1.76 bits per heavy atom. The van der Waals surface area contributed by atoms with Crippen molar-refractivity contribution in [2.24, 2.45) is 0 Å². The maximum atomic E-state index is 12.2. The summed E-state index contributed by atoms with van der Waals surface area (Å²) in [6.45, 7) is 0. The zero-order chi connectivity index (χ0) is 15.6. The van der Waals surface area contributed by atoms with Crippen molar-refractivity contribution in [1.29, 1.82) is 0 Å². The maximum Gasteiger partial charge on any atom is 0.337 e. The third-order valence-electron chi connectivity index (χ3n) is 2.63. The van der Waals surface area contributed by atoms with Gasteiger partial charge in [-0.25, -0.2) is 4.79 Å². The summed E-state index contributed by atoms with van der Waals surface area (Å²) in [6, 6.07) is 9.19. The predicted molar refractivity (Wildman–Crippen MR) is 90.5 cm³/mol. The van der Waals surface area contributed by atoms with Crippen molar-refractivity contribution in [2.75, 3.05) is 5.32 Å². The number of hydrogen-bond donors (Lipinski definition) is 2. The first-order valence-electron chi connectivity index (χ1n) is 5.67. The number of carbonyl (C=O) groups is 2. The Morgan fingerprint density at radius 1 is 1.05 bits per heavy atom. The lowest BCUT2D eigenvalue weighted by Crippen LogP contribution is -2.15. The maximum absolute atomic E-state index is 12.2. The minimum absolute atomic E-state index is 0.00778. The van der Waals surface area contributed by atoms with Gasteiger partial charge in [0.1, 0.15) is 0 Å². The first-order valence-corrected chi connectivity index (χ1v) is 7.51. The number of benzene rings is 2. The fraction of sp³-hybridized carbons (Fsp3) is 0. The molecule has 0 aliphatic rings. The van der Waals surface area contributed by atoms with Crippen LogP contribution < -0.4 is 5.32 Å². The summed E-state index contributed by atoms with van der Waals surface area (Å²) < 4.78 is 0.754. The van der Waals surface area contributed by atoms with Gasteiger partial charge in [0.2, 0.25) is 0 Å². The Kier molecular flexibility index (Phi) is 5.08. The lowest BCUT2D eigenvalue weighted by Gasteiger charge is -2.10. The molecule has 4 nitrogen and oxygen atoms in total. The standard InChI is InChI=1S/C14H8Cl2INO3/c15-7-1-3-11(16)9(5-7)13(19)18-12-4-2-8(17)6-10(12)14(20)21/h1-6H,(H,18,19)(H,20,21). The van der Waals surface area contributed by atoms with Gasteiger partial charge in [-0.1, -0.05) is 23.2 Å². The molecule has 7 heteroatoms. The summed E-state index contributed by atoms with van der Waals surface area (Å²) in [4.78, 5) is 23.4. The number of carboxylic acids is 1. The number of rotatable bonds is 3. The van der Waals surface area contributed by atoms with Gasteiger partial charge in [0.25, 0.3) is 5.91 Å². The molecule has 2 rings (SSSR count). The molecule has 0 saturated heterocycles. The molecule has 2 N–H and O–H groups in total. The summed E-state index contributed by atoms with van der Waals surface area (Å²) >= 11 is 13.8. The molecule has 21 heavy (non-hydrogen) atoms. The molecule has 1 amide bonds. The van der Waals surface area contributed by atoms with Gasteiger partial charge in [0.15, 0.2) is 0 Å². The van der Waals surface area contributed by atoms with Gasteiger partial charge in [-0.3, -0.25) is 4.79 Å². The van der Waals surface area contributed by atoms with Crippen molar-refractivity contribution in [3.05, 3.63) is 61.1 Å². The normalized spacial score (nSPS) is 10.2. The Balaban J connectivity index is 2.36. The minimum Gasteiger partial charge on any atom is -0.478 e. The van der Waals surface area contributed by atoms with Crippen LogP contribution in [0.4, 0.5) is 5.69 Å². The van der Waals surface area contributed by atoms with Gasteiger partial charge in [-0.05, 0) is 59.0 Å². The summed E-state index contributed by atoms with van der Waals surface area (Å²) in [6.07, 6.45) is 0. The number of carbonyl (C=O) groups excluding carboxylic acids is 1. The number of nitrogens with one attached hydrogen (secondary N) is 1. The van der Waals surface area contributed by atoms with Gasteiger partial charge in [-0.15, -0.1) is 0 Å². The zero-order valence-electron chi connectivity index (χ0n) is 10.4. The first-order chi connectivity index (χ1) is 9.88. The molecule has 0 spiro atoms. The summed E-state index contributed by atoms with van der Waals surface area (Å²) in [7, 11) is 0. The second kappa shape index (κ2) is 6.64. The van der Waals surface area contributed by atoms with E-state index >= 15 is 0 Å². The van der Waals surface area contributed by atoms with Crippen LogP contribution in [0.3, 0.4) is 0 Å². The quantitative estimate of drug-likeness (QED) is 0.695. The molecule has 0 saturated carbocycles. The van der Waals surface area contributed by atoms with Crippen LogP contribution in [0.25, 0.3) is 0 Å². The van der Waals surface area contributed by atoms with E-state index in [9.17, 15) is 14.7 Å². The number of hydrogen-bond acceptors (Lipinski definition) is 2. The molecule has 0 aliphatic heterocycles. The molecule has 0 radical (unpaired) electrons. The van der Waals surface area contributed by atoms with Crippen LogP contribution >= 0.6 is 45.8 Å². The van der Waals surface area contributed by atoms with Gasteiger partial charge < -0.3 is 10.4 Å². The van der Waals surface area contributed by atoms with E-state index in [-0.39, 0.29) is 21.8 Å². The molecule has 0 aliphatic carbocycles. The highest BCUT2D eigenvalue weighted by Gasteiger charge is 2.16. The van der Waals surface area contributed by atoms with Crippen LogP contribution in [0, 0.1) is 3.57 Å². The van der Waals surface area contributed by atoms with Gasteiger partial charge in [0, 0.05) is 8.59 Å². The van der Waals surface area contributed by atoms with Crippen molar-refractivity contribution in [3.8, 4) is 0 Å². The Bertz CT molecular complexity index is 734. The van der Waals surface area contributed by atoms with Crippen LogP contribution in [0.1, 0.15) is 20.7 Å². The van der Waals surface area contributed by atoms with Crippen molar-refractivity contribution < 1.29 is 14.7 Å². The third-order valence-corrected chi connectivity index (χ3v) is 3.87. The van der Waals surface area contributed by atoms with Gasteiger partial charge >= 0.3 is 5.97 Å². The van der Waals surface area contributed by atoms with E-state index in [4.69, 9.17) is 23.2 Å². The van der Waals surface area contributed by atoms with Crippen molar-refractivity contribution >= 4 is 63.4 Å². The minimum atomic E-state index is -1.12. The molecule has 0 aromatic heterocycles. The summed E-state index contributed by atoms with van der Waals surface area (Å²) in [5.41, 5.74) is 0.386. The van der Waals surface area contributed by atoms with E-state index in [2.05, 4.69) is 5.32 Å². The predicted octanol–water partition coefficient (Wildman–Crippen LogP) is 4.55.